The molecule has 0 aliphatic heterocycles. The van der Waals surface area contributed by atoms with Gasteiger partial charge in [-0.1, -0.05) is 0 Å². The van der Waals surface area contributed by atoms with Gasteiger partial charge in [-0.15, -0.1) is 0 Å². The molecule has 2 N–H and O–H groups in total. The van der Waals surface area contributed by atoms with E-state index in [2.05, 4.69) is 9.72 Å². The molecule has 0 atom stereocenters. The molecule has 4 nitrogen and oxygen atoms in total. The highest BCUT2D eigenvalue weighted by atomic mass is 19.3. The van der Waals surface area contributed by atoms with Gasteiger partial charge in [-0.05, 0) is 5.56 Å². The zero-order valence-corrected chi connectivity index (χ0v) is 8.04. The van der Waals surface area contributed by atoms with Gasteiger partial charge in [0.25, 0.3) is 6.43 Å². The highest BCUT2D eigenvalue weighted by molar-refractivity contribution is 5.91. The fourth-order valence-electron chi connectivity index (χ4n) is 1.21. The van der Waals surface area contributed by atoms with E-state index in [1.54, 1.807) is 0 Å². The molecule has 82 valence electrons. The third-order valence-corrected chi connectivity index (χ3v) is 1.91. The van der Waals surface area contributed by atoms with E-state index in [9.17, 15) is 13.6 Å². The normalized spacial score (nSPS) is 10.5. The molecular formula is C9H10F2N2O2. The average molecular weight is 216 g/mol. The van der Waals surface area contributed by atoms with E-state index in [-0.39, 0.29) is 17.7 Å². The molecule has 0 bridgehead atoms. The Morgan fingerprint density at radius 3 is 2.73 bits per heavy atom. The first-order valence-corrected chi connectivity index (χ1v) is 4.15. The van der Waals surface area contributed by atoms with Crippen LogP contribution < -0.4 is 5.73 Å². The van der Waals surface area contributed by atoms with Crippen molar-refractivity contribution in [2.75, 3.05) is 7.11 Å². The lowest BCUT2D eigenvalue weighted by Gasteiger charge is -2.10. The number of carbonyl (C=O) groups is 1. The van der Waals surface area contributed by atoms with Gasteiger partial charge in [0.15, 0.2) is 0 Å². The lowest BCUT2D eigenvalue weighted by atomic mass is 10.1. The van der Waals surface area contributed by atoms with Gasteiger partial charge in [0.2, 0.25) is 0 Å². The second-order valence-electron chi connectivity index (χ2n) is 2.76. The molecule has 0 aliphatic carbocycles. The van der Waals surface area contributed by atoms with Crippen molar-refractivity contribution in [3.63, 3.8) is 0 Å². The first kappa shape index (κ1) is 11.5. The number of ether oxygens (including phenoxy) is 1. The van der Waals surface area contributed by atoms with Gasteiger partial charge in [0.1, 0.15) is 0 Å². The number of methoxy groups -OCH3 is 1. The van der Waals surface area contributed by atoms with Crippen molar-refractivity contribution in [3.05, 3.63) is 29.1 Å². The zero-order valence-electron chi connectivity index (χ0n) is 8.04. The van der Waals surface area contributed by atoms with Gasteiger partial charge in [0, 0.05) is 24.5 Å². The number of rotatable bonds is 3. The molecule has 0 radical (unpaired) electrons. The molecule has 6 heteroatoms. The Morgan fingerprint density at radius 2 is 2.27 bits per heavy atom. The van der Waals surface area contributed by atoms with Crippen LogP contribution in [0.1, 0.15) is 27.9 Å². The number of pyridine rings is 1. The van der Waals surface area contributed by atoms with Crippen molar-refractivity contribution in [2.24, 2.45) is 5.73 Å². The van der Waals surface area contributed by atoms with Crippen LogP contribution in [-0.2, 0) is 11.3 Å². The van der Waals surface area contributed by atoms with Gasteiger partial charge in [-0.3, -0.25) is 4.98 Å². The summed E-state index contributed by atoms with van der Waals surface area (Å²) >= 11 is 0. The van der Waals surface area contributed by atoms with Crippen LogP contribution in [0.3, 0.4) is 0 Å². The smallest absolute Gasteiger partial charge is 0.339 e. The second-order valence-corrected chi connectivity index (χ2v) is 2.76. The molecule has 0 fully saturated rings. The van der Waals surface area contributed by atoms with E-state index in [1.807, 2.05) is 0 Å². The molecule has 0 aromatic carbocycles. The van der Waals surface area contributed by atoms with Gasteiger partial charge < -0.3 is 10.5 Å². The largest absolute Gasteiger partial charge is 0.465 e. The Kier molecular flexibility index (Phi) is 3.68. The highest BCUT2D eigenvalue weighted by Crippen LogP contribution is 2.26. The number of hydrogen-bond acceptors (Lipinski definition) is 4. The Bertz CT molecular complexity index is 369. The summed E-state index contributed by atoms with van der Waals surface area (Å²) in [7, 11) is 1.12. The molecule has 15 heavy (non-hydrogen) atoms. The van der Waals surface area contributed by atoms with Gasteiger partial charge >= 0.3 is 5.97 Å². The second kappa shape index (κ2) is 4.79. The minimum absolute atomic E-state index is 0.0997. The summed E-state index contributed by atoms with van der Waals surface area (Å²) in [5.74, 6) is -0.840. The number of nitrogens with two attached hydrogens (primary N) is 1. The van der Waals surface area contributed by atoms with Crippen molar-refractivity contribution in [3.8, 4) is 0 Å². The van der Waals surface area contributed by atoms with Crippen LogP contribution in [0, 0.1) is 0 Å². The van der Waals surface area contributed by atoms with E-state index in [4.69, 9.17) is 5.73 Å². The van der Waals surface area contributed by atoms with Crippen LogP contribution in [-0.4, -0.2) is 18.1 Å². The minimum Gasteiger partial charge on any atom is -0.465 e. The fraction of sp³-hybridized carbons (Fsp3) is 0.333. The van der Waals surface area contributed by atoms with Crippen LogP contribution in [0.4, 0.5) is 8.78 Å². The van der Waals surface area contributed by atoms with E-state index >= 15 is 0 Å². The molecule has 1 aromatic rings. The Labute approximate surface area is 85.1 Å². The first-order valence-electron chi connectivity index (χ1n) is 4.15. The number of halogens is 2. The molecule has 1 heterocycles. The number of alkyl halides is 2. The van der Waals surface area contributed by atoms with Crippen molar-refractivity contribution in [2.45, 2.75) is 13.0 Å². The predicted molar refractivity (Wildman–Crippen MR) is 48.4 cm³/mol. The van der Waals surface area contributed by atoms with Crippen molar-refractivity contribution in [1.29, 1.82) is 0 Å². The summed E-state index contributed by atoms with van der Waals surface area (Å²) in [6.07, 6.45) is -0.513. The van der Waals surface area contributed by atoms with E-state index in [1.165, 1.54) is 6.20 Å². The molecular weight excluding hydrogens is 206 g/mol. The highest BCUT2D eigenvalue weighted by Gasteiger charge is 2.22. The number of nitrogens with zero attached hydrogens (tertiary/aromatic N) is 1. The number of aromatic nitrogens is 1. The summed E-state index contributed by atoms with van der Waals surface area (Å²) < 4.78 is 29.7. The van der Waals surface area contributed by atoms with Gasteiger partial charge in [0.05, 0.1) is 12.7 Å². The van der Waals surface area contributed by atoms with Crippen LogP contribution in [0.15, 0.2) is 12.4 Å². The number of carbonyl (C=O) groups excluding carboxylic acids is 1. The van der Waals surface area contributed by atoms with Crippen LogP contribution in [0.2, 0.25) is 0 Å². The van der Waals surface area contributed by atoms with Crippen LogP contribution >= 0.6 is 0 Å². The van der Waals surface area contributed by atoms with Gasteiger partial charge in [-0.2, -0.15) is 0 Å². The third kappa shape index (κ3) is 2.27. The van der Waals surface area contributed by atoms with E-state index < -0.39 is 18.0 Å². The molecule has 0 spiro atoms. The quantitative estimate of drug-likeness (QED) is 0.772. The minimum atomic E-state index is -2.78. The summed E-state index contributed by atoms with van der Waals surface area (Å²) in [5.41, 5.74) is 4.78. The van der Waals surface area contributed by atoms with Crippen molar-refractivity contribution >= 4 is 5.97 Å². The molecule has 1 rings (SSSR count). The predicted octanol–water partition coefficient (Wildman–Crippen LogP) is 1.26. The summed E-state index contributed by atoms with van der Waals surface area (Å²) in [5, 5.41) is 0. The third-order valence-electron chi connectivity index (χ3n) is 1.91. The Morgan fingerprint density at radius 1 is 1.60 bits per heavy atom. The molecule has 0 aliphatic rings. The summed E-state index contributed by atoms with van der Waals surface area (Å²) in [6, 6.07) is 0. The van der Waals surface area contributed by atoms with E-state index in [0.717, 1.165) is 13.3 Å². The van der Waals surface area contributed by atoms with Crippen molar-refractivity contribution < 1.29 is 18.3 Å². The van der Waals surface area contributed by atoms with Crippen LogP contribution in [0.5, 0.6) is 0 Å². The zero-order chi connectivity index (χ0) is 11.4. The number of esters is 1. The maximum Gasteiger partial charge on any atom is 0.339 e. The molecule has 0 saturated carbocycles. The maximum absolute atomic E-state index is 12.7. The molecule has 0 saturated heterocycles. The first-order chi connectivity index (χ1) is 7.11. The Balaban J connectivity index is 3.31. The summed E-state index contributed by atoms with van der Waals surface area (Å²) in [4.78, 5) is 14.8. The Hall–Kier alpha value is -1.56. The SMILES string of the molecule is COC(=O)c1cncc(CN)c1C(F)F. The summed E-state index contributed by atoms with van der Waals surface area (Å²) in [6.45, 7) is -0.0997. The maximum atomic E-state index is 12.7. The topological polar surface area (TPSA) is 65.2 Å². The average Bonchev–Trinajstić information content (AvgIpc) is 2.26. The lowest BCUT2D eigenvalue weighted by Crippen LogP contribution is -2.12. The monoisotopic (exact) mass is 216 g/mol. The fourth-order valence-corrected chi connectivity index (χ4v) is 1.21. The van der Waals surface area contributed by atoms with E-state index in [0.29, 0.717) is 0 Å². The van der Waals surface area contributed by atoms with Crippen molar-refractivity contribution in [1.82, 2.24) is 4.98 Å². The molecule has 0 unspecified atom stereocenters. The lowest BCUT2D eigenvalue weighted by molar-refractivity contribution is 0.0588. The number of hydrogen-bond donors (Lipinski definition) is 1. The van der Waals surface area contributed by atoms with Crippen LogP contribution in [0.25, 0.3) is 0 Å². The molecule has 0 amide bonds. The standard InChI is InChI=1S/C9H10F2N2O2/c1-15-9(14)6-4-13-3-5(2-12)7(6)8(10)11/h3-4,8H,2,12H2,1H3. The molecule has 1 aromatic heterocycles. The van der Waals surface area contributed by atoms with Gasteiger partial charge in [-0.25, -0.2) is 13.6 Å².